The molecule has 0 aliphatic carbocycles. The Hall–Kier alpha value is -4.33. The third kappa shape index (κ3) is 5.39. The lowest BCUT2D eigenvalue weighted by atomic mass is 10.1. The van der Waals surface area contributed by atoms with E-state index in [-0.39, 0.29) is 17.1 Å². The van der Waals surface area contributed by atoms with Crippen molar-refractivity contribution in [1.82, 2.24) is 0 Å². The van der Waals surface area contributed by atoms with Gasteiger partial charge in [-0.05, 0) is 23.3 Å². The molecule has 8 heteroatoms. The quantitative estimate of drug-likeness (QED) is 0.243. The van der Waals surface area contributed by atoms with E-state index in [1.54, 1.807) is 29.1 Å². The predicted octanol–water partition coefficient (Wildman–Crippen LogP) is 4.57. The third-order valence-electron chi connectivity index (χ3n) is 4.60. The fraction of sp³-hybridized carbons (Fsp3) is 0.0870. The Balaban J connectivity index is 1.73. The molecule has 0 amide bonds. The Morgan fingerprint density at radius 3 is 1.90 bits per heavy atom. The number of rotatable bonds is 7. The summed E-state index contributed by atoms with van der Waals surface area (Å²) < 4.78 is 1.56. The molecule has 1 heterocycles. The summed E-state index contributed by atoms with van der Waals surface area (Å²) in [6.45, 7) is 0. The fourth-order valence-corrected chi connectivity index (χ4v) is 2.92. The molecule has 3 aromatic rings. The van der Waals surface area contributed by atoms with E-state index in [1.807, 2.05) is 55.4 Å². The summed E-state index contributed by atoms with van der Waals surface area (Å²) in [5, 5.41) is 22.2. The number of anilines is 1. The average molecular weight is 417 g/mol. The molecule has 0 fully saturated rings. The minimum absolute atomic E-state index is 0.257. The first-order chi connectivity index (χ1) is 14.8. The van der Waals surface area contributed by atoms with Crippen LogP contribution in [0.2, 0.25) is 0 Å². The van der Waals surface area contributed by atoms with Gasteiger partial charge in [0.25, 0.3) is 11.4 Å². The minimum Gasteiger partial charge on any atom is -0.378 e. The number of pyridine rings is 1. The molecule has 0 unspecified atom stereocenters. The maximum absolute atomic E-state index is 11.3. The standard InChI is InChI=1S/C23H21N4O4/c1-24(2)20-9-7-18(8-10-20)5-3-4-6-19-13-15-25(16-14-19)22-12-11-21(26(28)29)17-23(22)27(30)31/h3-17H,1-2H3/q+1. The van der Waals surface area contributed by atoms with Crippen molar-refractivity contribution in [2.75, 3.05) is 19.0 Å². The smallest absolute Gasteiger partial charge is 0.347 e. The van der Waals surface area contributed by atoms with Gasteiger partial charge in [0.1, 0.15) is 6.07 Å². The van der Waals surface area contributed by atoms with Gasteiger partial charge in [0, 0.05) is 44.0 Å². The van der Waals surface area contributed by atoms with E-state index in [4.69, 9.17) is 0 Å². The van der Waals surface area contributed by atoms with Gasteiger partial charge < -0.3 is 4.90 Å². The molecule has 0 aliphatic rings. The van der Waals surface area contributed by atoms with Crippen LogP contribution in [0.1, 0.15) is 11.1 Å². The topological polar surface area (TPSA) is 93.4 Å². The van der Waals surface area contributed by atoms with Crippen LogP contribution in [0, 0.1) is 20.2 Å². The average Bonchev–Trinajstić information content (AvgIpc) is 2.77. The van der Waals surface area contributed by atoms with Crippen LogP contribution >= 0.6 is 0 Å². The van der Waals surface area contributed by atoms with E-state index in [0.717, 1.165) is 22.9 Å². The molecule has 3 rings (SSSR count). The maximum Gasteiger partial charge on any atom is 0.347 e. The van der Waals surface area contributed by atoms with Crippen LogP contribution < -0.4 is 9.47 Å². The van der Waals surface area contributed by atoms with Gasteiger partial charge in [-0.25, -0.2) is 0 Å². The van der Waals surface area contributed by atoms with Crippen molar-refractivity contribution >= 4 is 29.2 Å². The third-order valence-corrected chi connectivity index (χ3v) is 4.60. The zero-order valence-corrected chi connectivity index (χ0v) is 17.1. The summed E-state index contributed by atoms with van der Waals surface area (Å²) in [5.41, 5.74) is 2.75. The number of nitrogens with zero attached hydrogens (tertiary/aromatic N) is 4. The molecule has 0 bridgehead atoms. The number of allylic oxidation sites excluding steroid dienone is 2. The highest BCUT2D eigenvalue weighted by atomic mass is 16.6. The first-order valence-electron chi connectivity index (χ1n) is 9.42. The normalized spacial score (nSPS) is 11.2. The Kier molecular flexibility index (Phi) is 6.51. The molecule has 8 nitrogen and oxygen atoms in total. The van der Waals surface area contributed by atoms with Crippen molar-refractivity contribution in [2.45, 2.75) is 0 Å². The Bertz CT molecular complexity index is 1150. The van der Waals surface area contributed by atoms with Gasteiger partial charge in [-0.2, -0.15) is 4.57 Å². The Morgan fingerprint density at radius 1 is 0.806 bits per heavy atom. The van der Waals surface area contributed by atoms with Crippen LogP contribution in [0.4, 0.5) is 17.1 Å². The SMILES string of the molecule is CN(C)c1ccc(/C=C/C=C/c2cc[n+](-c3ccc([N+](=O)[O-])cc3[N+](=O)[O-])cc2)cc1. The Morgan fingerprint density at radius 2 is 1.39 bits per heavy atom. The molecule has 2 aromatic carbocycles. The van der Waals surface area contributed by atoms with Gasteiger partial charge in [0.05, 0.1) is 9.85 Å². The molecule has 0 radical (unpaired) electrons. The van der Waals surface area contributed by atoms with E-state index in [0.29, 0.717) is 0 Å². The lowest BCUT2D eigenvalue weighted by molar-refractivity contribution is -0.601. The summed E-state index contributed by atoms with van der Waals surface area (Å²) in [6, 6.07) is 15.4. The van der Waals surface area contributed by atoms with Crippen molar-refractivity contribution in [2.24, 2.45) is 0 Å². The first kappa shape index (κ1) is 21.4. The zero-order valence-electron chi connectivity index (χ0n) is 17.1. The molecule has 0 spiro atoms. The first-order valence-corrected chi connectivity index (χ1v) is 9.42. The van der Waals surface area contributed by atoms with E-state index in [1.165, 1.54) is 12.1 Å². The van der Waals surface area contributed by atoms with Crippen molar-refractivity contribution in [3.05, 3.63) is 110 Å². The van der Waals surface area contributed by atoms with Gasteiger partial charge in [-0.3, -0.25) is 20.2 Å². The van der Waals surface area contributed by atoms with Crippen LogP contribution in [0.25, 0.3) is 17.8 Å². The van der Waals surface area contributed by atoms with E-state index in [9.17, 15) is 20.2 Å². The fourth-order valence-electron chi connectivity index (χ4n) is 2.92. The molecule has 0 atom stereocenters. The molecule has 156 valence electrons. The Labute approximate surface area is 179 Å². The molecular weight excluding hydrogens is 396 g/mol. The lowest BCUT2D eigenvalue weighted by Gasteiger charge is -2.11. The highest BCUT2D eigenvalue weighted by Crippen LogP contribution is 2.24. The summed E-state index contributed by atoms with van der Waals surface area (Å²) in [6.07, 6.45) is 11.1. The van der Waals surface area contributed by atoms with Gasteiger partial charge in [-0.1, -0.05) is 36.4 Å². The van der Waals surface area contributed by atoms with Crippen LogP contribution in [0.5, 0.6) is 0 Å². The molecule has 0 saturated carbocycles. The summed E-state index contributed by atoms with van der Waals surface area (Å²) >= 11 is 0. The maximum atomic E-state index is 11.3. The summed E-state index contributed by atoms with van der Waals surface area (Å²) in [5.74, 6) is 0. The highest BCUT2D eigenvalue weighted by Gasteiger charge is 2.25. The van der Waals surface area contributed by atoms with Crippen LogP contribution in [0.15, 0.2) is 79.1 Å². The van der Waals surface area contributed by atoms with Gasteiger partial charge in [0.15, 0.2) is 12.4 Å². The molecule has 0 aliphatic heterocycles. The van der Waals surface area contributed by atoms with Crippen LogP contribution in [0.3, 0.4) is 0 Å². The van der Waals surface area contributed by atoms with Crippen LogP contribution in [-0.4, -0.2) is 23.9 Å². The number of aromatic nitrogens is 1. The summed E-state index contributed by atoms with van der Waals surface area (Å²) in [4.78, 5) is 23.0. The van der Waals surface area contributed by atoms with E-state index < -0.39 is 9.85 Å². The second-order valence-electron chi connectivity index (χ2n) is 6.93. The number of nitro benzene ring substituents is 2. The van der Waals surface area contributed by atoms with Crippen LogP contribution in [-0.2, 0) is 0 Å². The van der Waals surface area contributed by atoms with Gasteiger partial charge in [-0.15, -0.1) is 0 Å². The van der Waals surface area contributed by atoms with E-state index >= 15 is 0 Å². The number of non-ortho nitro benzene ring substituents is 1. The molecule has 0 saturated heterocycles. The predicted molar refractivity (Wildman–Crippen MR) is 120 cm³/mol. The number of hydrogen-bond donors (Lipinski definition) is 0. The zero-order chi connectivity index (χ0) is 22.4. The number of nitro groups is 2. The highest BCUT2D eigenvalue weighted by molar-refractivity contribution is 5.59. The second-order valence-corrected chi connectivity index (χ2v) is 6.93. The monoisotopic (exact) mass is 417 g/mol. The van der Waals surface area contributed by atoms with Gasteiger partial charge in [0.2, 0.25) is 0 Å². The second kappa shape index (κ2) is 9.45. The number of benzene rings is 2. The molecule has 0 N–H and O–H groups in total. The van der Waals surface area contributed by atoms with Crippen molar-refractivity contribution in [3.8, 4) is 5.69 Å². The largest absolute Gasteiger partial charge is 0.378 e. The summed E-state index contributed by atoms with van der Waals surface area (Å²) in [7, 11) is 3.99. The molecule has 31 heavy (non-hydrogen) atoms. The van der Waals surface area contributed by atoms with Crippen molar-refractivity contribution < 1.29 is 14.4 Å². The number of hydrogen-bond acceptors (Lipinski definition) is 5. The van der Waals surface area contributed by atoms with Gasteiger partial charge >= 0.3 is 5.69 Å². The molecule has 1 aromatic heterocycles. The van der Waals surface area contributed by atoms with Crippen molar-refractivity contribution in [3.63, 3.8) is 0 Å². The van der Waals surface area contributed by atoms with Crippen molar-refractivity contribution in [1.29, 1.82) is 0 Å². The van der Waals surface area contributed by atoms with E-state index in [2.05, 4.69) is 12.1 Å². The molecular formula is C23H21N4O4+. The lowest BCUT2D eigenvalue weighted by Crippen LogP contribution is -2.30. The minimum atomic E-state index is -0.653.